The van der Waals surface area contributed by atoms with Gasteiger partial charge in [0.05, 0.1) is 31.5 Å². The average molecular weight is 355 g/mol. The summed E-state index contributed by atoms with van der Waals surface area (Å²) in [5.74, 6) is 0. The maximum absolute atomic E-state index is 4.14. The van der Waals surface area contributed by atoms with Gasteiger partial charge in [0, 0.05) is 0 Å². The van der Waals surface area contributed by atoms with Crippen LogP contribution in [0, 0.1) is 0 Å². The number of nitrogens with zero attached hydrogens (tertiary/aromatic N) is 2. The Bertz CT molecular complexity index is 795. The van der Waals surface area contributed by atoms with Gasteiger partial charge in [-0.05, 0) is 35.0 Å². The normalized spacial score (nSPS) is 9.74. The minimum atomic E-state index is 1.10. The highest BCUT2D eigenvalue weighted by Crippen LogP contribution is 2.16. The molecule has 0 unspecified atom stereocenters. The predicted molar refractivity (Wildman–Crippen MR) is 104 cm³/mol. The van der Waals surface area contributed by atoms with Gasteiger partial charge in [0.25, 0.3) is 0 Å². The number of thiazole rings is 2. The fourth-order valence-corrected chi connectivity index (χ4v) is 3.64. The van der Waals surface area contributed by atoms with Crippen molar-refractivity contribution in [3.05, 3.63) is 82.4 Å². The lowest BCUT2D eigenvalue weighted by Crippen LogP contribution is -1.61. The summed E-state index contributed by atoms with van der Waals surface area (Å²) in [4.78, 5) is 8.27. The highest BCUT2D eigenvalue weighted by molar-refractivity contribution is 7.17. The zero-order valence-electron chi connectivity index (χ0n) is 12.2. The molecule has 0 fully saturated rings. The highest BCUT2D eigenvalue weighted by atomic mass is 32.1. The minimum Gasteiger partial charge on any atom is -0.245 e. The molecule has 0 aliphatic rings. The molecule has 114 valence electrons. The lowest BCUT2D eigenvalue weighted by molar-refractivity contribution is 1.50. The molecule has 0 amide bonds. The van der Waals surface area contributed by atoms with Crippen LogP contribution >= 0.6 is 34.0 Å². The summed E-state index contributed by atoms with van der Waals surface area (Å²) >= 11 is 5.07. The van der Waals surface area contributed by atoms with Gasteiger partial charge >= 0.3 is 0 Å². The van der Waals surface area contributed by atoms with E-state index in [1.165, 1.54) is 9.40 Å². The summed E-state index contributed by atoms with van der Waals surface area (Å²) in [5, 5.41) is 4.08. The van der Waals surface area contributed by atoms with Crippen LogP contribution in [0.5, 0.6) is 0 Å². The number of hydrogen-bond donors (Lipinski definition) is 0. The van der Waals surface area contributed by atoms with E-state index in [9.17, 15) is 0 Å². The molecule has 3 heterocycles. The van der Waals surface area contributed by atoms with E-state index >= 15 is 0 Å². The maximum atomic E-state index is 4.14. The first kappa shape index (κ1) is 15.8. The molecule has 5 heteroatoms. The third-order valence-electron chi connectivity index (χ3n) is 2.90. The van der Waals surface area contributed by atoms with Crippen molar-refractivity contribution in [1.29, 1.82) is 0 Å². The summed E-state index contributed by atoms with van der Waals surface area (Å²) in [6.07, 6.45) is 0. The number of fused-ring (bicyclic) bond motifs is 2. The van der Waals surface area contributed by atoms with E-state index < -0.39 is 0 Å². The summed E-state index contributed by atoms with van der Waals surface area (Å²) in [7, 11) is 0. The minimum absolute atomic E-state index is 1.10. The largest absolute Gasteiger partial charge is 0.245 e. The van der Waals surface area contributed by atoms with Crippen molar-refractivity contribution in [2.45, 2.75) is 0 Å². The van der Waals surface area contributed by atoms with Crippen LogP contribution < -0.4 is 0 Å². The van der Waals surface area contributed by atoms with Crippen molar-refractivity contribution in [3.8, 4) is 0 Å². The average Bonchev–Trinajstić information content (AvgIpc) is 3.37. The second-order valence-electron chi connectivity index (χ2n) is 4.43. The molecule has 0 saturated heterocycles. The molecule has 0 atom stereocenters. The van der Waals surface area contributed by atoms with Crippen LogP contribution in [0.1, 0.15) is 0 Å². The van der Waals surface area contributed by atoms with Gasteiger partial charge in [0.2, 0.25) is 0 Å². The van der Waals surface area contributed by atoms with Gasteiger partial charge in [0.15, 0.2) is 0 Å². The first-order valence-corrected chi connectivity index (χ1v) is 9.67. The third-order valence-corrected chi connectivity index (χ3v) is 5.15. The fraction of sp³-hybridized carbons (Fsp3) is 0. The number of para-hydroxylation sites is 2. The second-order valence-corrected chi connectivity index (χ2v) is 7.02. The number of rotatable bonds is 0. The molecule has 5 rings (SSSR count). The molecule has 2 aromatic carbocycles. The lowest BCUT2D eigenvalue weighted by Gasteiger charge is -1.80. The molecule has 0 aliphatic heterocycles. The standard InChI is InChI=1S/2C7H5NS.C4H4S/c2*1-2-4-7-6(3-1)8-5-9-7;1-2-4-5-3-1/h2*1-5H;1-4H. The molecule has 0 aliphatic carbocycles. The SMILES string of the molecule is c1ccc2scnc2c1.c1ccc2scnc2c1.c1ccsc1. The van der Waals surface area contributed by atoms with Gasteiger partial charge in [-0.3, -0.25) is 0 Å². The molecular weight excluding hydrogens is 340 g/mol. The van der Waals surface area contributed by atoms with Crippen LogP contribution in [0.3, 0.4) is 0 Å². The zero-order valence-corrected chi connectivity index (χ0v) is 14.7. The second kappa shape index (κ2) is 8.53. The van der Waals surface area contributed by atoms with Crippen molar-refractivity contribution in [2.75, 3.05) is 0 Å². The Hall–Kier alpha value is -2.08. The van der Waals surface area contributed by atoms with Crippen molar-refractivity contribution in [3.63, 3.8) is 0 Å². The molecule has 23 heavy (non-hydrogen) atoms. The fourth-order valence-electron chi connectivity index (χ4n) is 1.83. The van der Waals surface area contributed by atoms with Crippen LogP contribution in [0.15, 0.2) is 82.4 Å². The molecule has 0 bridgehead atoms. The smallest absolute Gasteiger partial charge is 0.0812 e. The van der Waals surface area contributed by atoms with E-state index in [0.717, 1.165) is 11.0 Å². The highest BCUT2D eigenvalue weighted by Gasteiger charge is 1.90. The first-order valence-electron chi connectivity index (χ1n) is 6.97. The van der Waals surface area contributed by atoms with Crippen molar-refractivity contribution < 1.29 is 0 Å². The molecule has 0 radical (unpaired) electrons. The molecule has 0 saturated carbocycles. The van der Waals surface area contributed by atoms with Gasteiger partial charge < -0.3 is 0 Å². The van der Waals surface area contributed by atoms with Crippen LogP contribution in [-0.4, -0.2) is 9.97 Å². The summed E-state index contributed by atoms with van der Waals surface area (Å²) < 4.78 is 2.52. The van der Waals surface area contributed by atoms with Crippen molar-refractivity contribution in [1.82, 2.24) is 9.97 Å². The van der Waals surface area contributed by atoms with Gasteiger partial charge in [0.1, 0.15) is 0 Å². The lowest BCUT2D eigenvalue weighted by atomic mass is 10.3. The predicted octanol–water partition coefficient (Wildman–Crippen LogP) is 6.34. The monoisotopic (exact) mass is 354 g/mol. The summed E-state index contributed by atoms with van der Waals surface area (Å²) in [6.45, 7) is 0. The van der Waals surface area contributed by atoms with Gasteiger partial charge in [-0.1, -0.05) is 36.4 Å². The van der Waals surface area contributed by atoms with Gasteiger partial charge in [-0.15, -0.1) is 22.7 Å². The van der Waals surface area contributed by atoms with E-state index in [-0.39, 0.29) is 0 Å². The number of aromatic nitrogens is 2. The Kier molecular flexibility index (Phi) is 5.86. The molecular formula is C18H14N2S3. The maximum Gasteiger partial charge on any atom is 0.0812 e. The molecule has 0 spiro atoms. The van der Waals surface area contributed by atoms with Crippen LogP contribution in [0.4, 0.5) is 0 Å². The zero-order chi connectivity index (χ0) is 15.7. The van der Waals surface area contributed by atoms with E-state index in [4.69, 9.17) is 0 Å². The van der Waals surface area contributed by atoms with E-state index in [1.54, 1.807) is 34.0 Å². The van der Waals surface area contributed by atoms with Crippen LogP contribution in [0.25, 0.3) is 20.4 Å². The van der Waals surface area contributed by atoms with Crippen molar-refractivity contribution >= 4 is 54.4 Å². The van der Waals surface area contributed by atoms with Gasteiger partial charge in [-0.2, -0.15) is 11.3 Å². The number of thiophene rings is 1. The van der Waals surface area contributed by atoms with E-state index in [2.05, 4.69) is 22.1 Å². The molecule has 0 N–H and O–H groups in total. The van der Waals surface area contributed by atoms with E-state index in [0.29, 0.717) is 0 Å². The molecule has 5 aromatic rings. The van der Waals surface area contributed by atoms with Crippen molar-refractivity contribution in [2.24, 2.45) is 0 Å². The van der Waals surface area contributed by atoms with Crippen LogP contribution in [0.2, 0.25) is 0 Å². The first-order chi connectivity index (χ1) is 11.4. The Labute approximate surface area is 146 Å². The number of benzene rings is 2. The van der Waals surface area contributed by atoms with E-state index in [1.807, 2.05) is 70.3 Å². The van der Waals surface area contributed by atoms with Crippen LogP contribution in [-0.2, 0) is 0 Å². The Balaban J connectivity index is 0.000000107. The molecule has 3 aromatic heterocycles. The third kappa shape index (κ3) is 4.69. The topological polar surface area (TPSA) is 25.8 Å². The summed E-state index contributed by atoms with van der Waals surface area (Å²) in [6, 6.07) is 20.3. The molecule has 2 nitrogen and oxygen atoms in total. The summed E-state index contributed by atoms with van der Waals surface area (Å²) in [5.41, 5.74) is 5.93. The number of hydrogen-bond acceptors (Lipinski definition) is 5. The quantitative estimate of drug-likeness (QED) is 0.324. The Morgan fingerprint density at radius 2 is 1.04 bits per heavy atom. The van der Waals surface area contributed by atoms with Gasteiger partial charge in [-0.25, -0.2) is 9.97 Å². The Morgan fingerprint density at radius 3 is 1.43 bits per heavy atom. The Morgan fingerprint density at radius 1 is 0.565 bits per heavy atom.